The Morgan fingerprint density at radius 2 is 1.65 bits per heavy atom. The van der Waals surface area contributed by atoms with E-state index < -0.39 is 29.4 Å². The number of nitrogens with one attached hydrogen (secondary N) is 1. The molecule has 0 saturated heterocycles. The first-order chi connectivity index (χ1) is 19.0. The molecule has 1 aliphatic rings. The van der Waals surface area contributed by atoms with E-state index in [2.05, 4.69) is 10.5 Å². The van der Waals surface area contributed by atoms with E-state index in [-0.39, 0.29) is 33.8 Å². The number of alkyl halides is 3. The Bertz CT molecular complexity index is 1710. The van der Waals surface area contributed by atoms with E-state index in [9.17, 15) is 27.9 Å². The molecule has 40 heavy (non-hydrogen) atoms. The molecule has 1 aliphatic heterocycles. The number of carbonyl (C=O) groups is 2. The molecule has 6 nitrogen and oxygen atoms in total. The molecule has 0 unspecified atom stereocenters. The molecular formula is C30H21F4N3O3. The summed E-state index contributed by atoms with van der Waals surface area (Å²) in [6.07, 6.45) is -4.63. The van der Waals surface area contributed by atoms with Crippen molar-refractivity contribution in [3.63, 3.8) is 0 Å². The predicted octanol–water partition coefficient (Wildman–Crippen LogP) is 7.32. The van der Waals surface area contributed by atoms with Crippen LogP contribution < -0.4 is 10.3 Å². The summed E-state index contributed by atoms with van der Waals surface area (Å²) in [4.78, 5) is 26.0. The van der Waals surface area contributed by atoms with Crippen LogP contribution in [0.15, 0.2) is 84.0 Å². The number of carboxylic acid groups (broad SMARTS) is 1. The highest BCUT2D eigenvalue weighted by atomic mass is 19.4. The highest BCUT2D eigenvalue weighted by molar-refractivity contribution is 6.55. The fourth-order valence-electron chi connectivity index (χ4n) is 4.43. The predicted molar refractivity (Wildman–Crippen MR) is 143 cm³/mol. The molecule has 4 aromatic carbocycles. The highest BCUT2D eigenvalue weighted by Crippen LogP contribution is 2.41. The summed E-state index contributed by atoms with van der Waals surface area (Å²) in [5.74, 6) is -2.60. The van der Waals surface area contributed by atoms with Crippen LogP contribution >= 0.6 is 0 Å². The van der Waals surface area contributed by atoms with Crippen LogP contribution in [-0.2, 0) is 11.0 Å². The van der Waals surface area contributed by atoms with Crippen molar-refractivity contribution >= 4 is 34.7 Å². The van der Waals surface area contributed by atoms with Crippen molar-refractivity contribution in [2.45, 2.75) is 20.0 Å². The Balaban J connectivity index is 1.56. The normalized spacial score (nSPS) is 14.0. The molecule has 0 fully saturated rings. The smallest absolute Gasteiger partial charge is 0.416 e. The molecule has 10 heteroatoms. The van der Waals surface area contributed by atoms with Gasteiger partial charge in [-0.1, -0.05) is 30.3 Å². The van der Waals surface area contributed by atoms with E-state index in [1.807, 2.05) is 13.8 Å². The summed E-state index contributed by atoms with van der Waals surface area (Å²) in [6.45, 7) is 3.70. The third-order valence-corrected chi connectivity index (χ3v) is 6.68. The summed E-state index contributed by atoms with van der Waals surface area (Å²) in [5.41, 5.74) is 4.00. The Labute approximate surface area is 226 Å². The Morgan fingerprint density at radius 3 is 2.35 bits per heavy atom. The number of aryl methyl sites for hydroxylation is 2. The number of anilines is 3. The van der Waals surface area contributed by atoms with Crippen molar-refractivity contribution in [1.82, 2.24) is 0 Å². The first kappa shape index (κ1) is 26.6. The molecule has 202 valence electrons. The van der Waals surface area contributed by atoms with Gasteiger partial charge in [0.25, 0.3) is 5.91 Å². The standard InChI is InChI=1S/C30H21F4N3O3/c1-16-9-11-21(13-17(16)2)37-25-15-20(30(32,33)34)10-12-23(25)27(28(37)38)36-35-24-8-4-7-22(26(24)31)18-5-3-6-19(14-18)29(39)40/h3-15,35H,1-2H3,(H,39,40)/b36-27-. The van der Waals surface area contributed by atoms with Gasteiger partial charge in [-0.25, -0.2) is 9.18 Å². The number of amides is 1. The summed E-state index contributed by atoms with van der Waals surface area (Å²) in [5, 5.41) is 13.4. The lowest BCUT2D eigenvalue weighted by molar-refractivity contribution is -0.137. The average Bonchev–Trinajstić information content (AvgIpc) is 3.19. The lowest BCUT2D eigenvalue weighted by Crippen LogP contribution is -2.26. The second-order valence-corrected chi connectivity index (χ2v) is 9.26. The minimum atomic E-state index is -4.63. The second-order valence-electron chi connectivity index (χ2n) is 9.26. The fourth-order valence-corrected chi connectivity index (χ4v) is 4.43. The molecule has 0 aliphatic carbocycles. The molecule has 4 aromatic rings. The van der Waals surface area contributed by atoms with Crippen LogP contribution in [-0.4, -0.2) is 22.7 Å². The molecule has 2 N–H and O–H groups in total. The summed E-state index contributed by atoms with van der Waals surface area (Å²) in [7, 11) is 0. The number of benzene rings is 4. The molecule has 0 bridgehead atoms. The number of hydrogen-bond acceptors (Lipinski definition) is 4. The lowest BCUT2D eigenvalue weighted by atomic mass is 10.0. The zero-order valence-corrected chi connectivity index (χ0v) is 21.2. The molecule has 0 atom stereocenters. The highest BCUT2D eigenvalue weighted by Gasteiger charge is 2.39. The number of hydrogen-bond donors (Lipinski definition) is 2. The lowest BCUT2D eigenvalue weighted by Gasteiger charge is -2.19. The van der Waals surface area contributed by atoms with Gasteiger partial charge in [0.1, 0.15) is 0 Å². The molecule has 0 spiro atoms. The van der Waals surface area contributed by atoms with E-state index in [1.54, 1.807) is 24.3 Å². The van der Waals surface area contributed by atoms with Gasteiger partial charge >= 0.3 is 12.1 Å². The number of aromatic carboxylic acids is 1. The first-order valence-corrected chi connectivity index (χ1v) is 12.0. The quantitative estimate of drug-likeness (QED) is 0.203. The van der Waals surface area contributed by atoms with E-state index >= 15 is 4.39 Å². The van der Waals surface area contributed by atoms with Crippen LogP contribution in [0.25, 0.3) is 11.1 Å². The van der Waals surface area contributed by atoms with Crippen molar-refractivity contribution < 1.29 is 32.3 Å². The van der Waals surface area contributed by atoms with Crippen molar-refractivity contribution in [3.05, 3.63) is 112 Å². The number of hydrazone groups is 1. The minimum absolute atomic E-state index is 0.00309. The SMILES string of the molecule is Cc1ccc(N2C(=O)/C(=N\Nc3cccc(-c4cccc(C(=O)O)c4)c3F)c3ccc(C(F)(F)F)cc32)cc1C. The summed E-state index contributed by atoms with van der Waals surface area (Å²) < 4.78 is 56.1. The molecule has 1 heterocycles. The largest absolute Gasteiger partial charge is 0.478 e. The maximum Gasteiger partial charge on any atom is 0.416 e. The zero-order valence-electron chi connectivity index (χ0n) is 21.2. The topological polar surface area (TPSA) is 82.0 Å². The van der Waals surface area contributed by atoms with E-state index in [1.165, 1.54) is 42.5 Å². The zero-order chi connectivity index (χ0) is 28.8. The molecule has 0 radical (unpaired) electrons. The van der Waals surface area contributed by atoms with Gasteiger partial charge in [-0.05, 0) is 79.1 Å². The second kappa shape index (κ2) is 9.96. The van der Waals surface area contributed by atoms with Gasteiger partial charge < -0.3 is 5.11 Å². The number of carboxylic acids is 1. The van der Waals surface area contributed by atoms with Gasteiger partial charge in [-0.2, -0.15) is 18.3 Å². The van der Waals surface area contributed by atoms with Crippen molar-refractivity contribution in [2.24, 2.45) is 5.10 Å². The monoisotopic (exact) mass is 547 g/mol. The maximum absolute atomic E-state index is 15.5. The third kappa shape index (κ3) is 4.79. The maximum atomic E-state index is 15.5. The van der Waals surface area contributed by atoms with Gasteiger partial charge in [0.15, 0.2) is 11.5 Å². The number of carbonyl (C=O) groups excluding carboxylic acids is 1. The summed E-state index contributed by atoms with van der Waals surface area (Å²) >= 11 is 0. The Hall–Kier alpha value is -4.99. The van der Waals surface area contributed by atoms with E-state index in [0.717, 1.165) is 28.2 Å². The van der Waals surface area contributed by atoms with Crippen molar-refractivity contribution in [1.29, 1.82) is 0 Å². The molecular weight excluding hydrogens is 526 g/mol. The van der Waals surface area contributed by atoms with Crippen LogP contribution in [0.4, 0.5) is 34.6 Å². The van der Waals surface area contributed by atoms with Gasteiger partial charge in [-0.3, -0.25) is 15.1 Å². The van der Waals surface area contributed by atoms with Crippen LogP contribution in [0, 0.1) is 19.7 Å². The number of rotatable bonds is 5. The van der Waals surface area contributed by atoms with Crippen LogP contribution in [0.3, 0.4) is 0 Å². The third-order valence-electron chi connectivity index (χ3n) is 6.68. The molecule has 0 aromatic heterocycles. The van der Waals surface area contributed by atoms with E-state index in [0.29, 0.717) is 11.3 Å². The first-order valence-electron chi connectivity index (χ1n) is 12.0. The molecule has 5 rings (SSSR count). The van der Waals surface area contributed by atoms with Crippen LogP contribution in [0.1, 0.15) is 32.6 Å². The van der Waals surface area contributed by atoms with Gasteiger partial charge in [0.2, 0.25) is 0 Å². The van der Waals surface area contributed by atoms with Crippen molar-refractivity contribution in [2.75, 3.05) is 10.3 Å². The number of nitrogens with zero attached hydrogens (tertiary/aromatic N) is 2. The van der Waals surface area contributed by atoms with Gasteiger partial charge in [0, 0.05) is 16.8 Å². The summed E-state index contributed by atoms with van der Waals surface area (Å²) in [6, 6.07) is 18.1. The Kier molecular flexibility index (Phi) is 6.62. The van der Waals surface area contributed by atoms with Gasteiger partial charge in [0.05, 0.1) is 22.5 Å². The van der Waals surface area contributed by atoms with Gasteiger partial charge in [-0.15, -0.1) is 0 Å². The molecule has 1 amide bonds. The number of fused-ring (bicyclic) bond motifs is 1. The fraction of sp³-hybridized carbons (Fsp3) is 0.100. The van der Waals surface area contributed by atoms with E-state index in [4.69, 9.17) is 0 Å². The Morgan fingerprint density at radius 1 is 0.900 bits per heavy atom. The number of halogens is 4. The van der Waals surface area contributed by atoms with Crippen LogP contribution in [0.2, 0.25) is 0 Å². The average molecular weight is 548 g/mol. The van der Waals surface area contributed by atoms with Crippen LogP contribution in [0.5, 0.6) is 0 Å². The minimum Gasteiger partial charge on any atom is -0.478 e. The molecule has 0 saturated carbocycles. The van der Waals surface area contributed by atoms with Crippen molar-refractivity contribution in [3.8, 4) is 11.1 Å².